The van der Waals surface area contributed by atoms with Crippen LogP contribution < -0.4 is 10.6 Å². The van der Waals surface area contributed by atoms with Gasteiger partial charge in [-0.2, -0.15) is 13.2 Å². The molecule has 1 atom stereocenters. The van der Waals surface area contributed by atoms with Crippen LogP contribution in [0.2, 0.25) is 5.28 Å². The van der Waals surface area contributed by atoms with Gasteiger partial charge in [-0.05, 0) is 32.4 Å². The van der Waals surface area contributed by atoms with Gasteiger partial charge in [-0.25, -0.2) is 9.97 Å². The average molecular weight is 311 g/mol. The molecular formula is C11H14ClF3N4O. The minimum atomic E-state index is -4.63. The first-order chi connectivity index (χ1) is 9.09. The van der Waals surface area contributed by atoms with Crippen LogP contribution in [0, 0.1) is 0 Å². The molecule has 0 radical (unpaired) electrons. The normalized spacial score (nSPS) is 13.2. The van der Waals surface area contributed by atoms with Crippen molar-refractivity contribution in [1.82, 2.24) is 15.3 Å². The molecule has 0 fully saturated rings. The number of nitrogens with zero attached hydrogens (tertiary/aromatic N) is 2. The number of nitrogens with one attached hydrogen (secondary N) is 2. The molecular weight excluding hydrogens is 297 g/mol. The highest BCUT2D eigenvalue weighted by Gasteiger charge is 2.33. The first-order valence-electron chi connectivity index (χ1n) is 5.78. The molecule has 1 aromatic heterocycles. The number of rotatable bonds is 4. The Kier molecular flexibility index (Phi) is 5.15. The summed E-state index contributed by atoms with van der Waals surface area (Å²) in [7, 11) is 0. The van der Waals surface area contributed by atoms with Crippen molar-refractivity contribution in [2.24, 2.45) is 0 Å². The summed E-state index contributed by atoms with van der Waals surface area (Å²) in [6.45, 7) is 5.04. The summed E-state index contributed by atoms with van der Waals surface area (Å²) in [5, 5.41) is 4.63. The van der Waals surface area contributed by atoms with E-state index in [2.05, 4.69) is 20.6 Å². The zero-order valence-corrected chi connectivity index (χ0v) is 11.8. The van der Waals surface area contributed by atoms with E-state index < -0.39 is 23.2 Å². The number of aromatic nitrogens is 2. The first kappa shape index (κ1) is 16.5. The zero-order valence-electron chi connectivity index (χ0n) is 11.0. The highest BCUT2D eigenvalue weighted by Crippen LogP contribution is 2.29. The molecule has 20 heavy (non-hydrogen) atoms. The Hall–Kier alpha value is -1.57. The molecule has 0 bridgehead atoms. The van der Waals surface area contributed by atoms with Crippen LogP contribution in [0.5, 0.6) is 0 Å². The molecule has 5 nitrogen and oxygen atoms in total. The van der Waals surface area contributed by atoms with Crippen molar-refractivity contribution in [3.05, 3.63) is 17.0 Å². The van der Waals surface area contributed by atoms with Crippen LogP contribution >= 0.6 is 11.6 Å². The zero-order chi connectivity index (χ0) is 15.5. The Labute approximate surface area is 118 Å². The van der Waals surface area contributed by atoms with Gasteiger partial charge in [0, 0.05) is 12.1 Å². The fourth-order valence-corrected chi connectivity index (χ4v) is 1.52. The van der Waals surface area contributed by atoms with Gasteiger partial charge in [-0.1, -0.05) is 0 Å². The lowest BCUT2D eigenvalue weighted by molar-refractivity contribution is -0.141. The molecule has 0 aliphatic heterocycles. The van der Waals surface area contributed by atoms with E-state index in [-0.39, 0.29) is 17.8 Å². The number of anilines is 1. The summed E-state index contributed by atoms with van der Waals surface area (Å²) in [6.07, 6.45) is -4.63. The maximum absolute atomic E-state index is 12.6. The summed E-state index contributed by atoms with van der Waals surface area (Å²) >= 11 is 5.44. The lowest BCUT2D eigenvalue weighted by Crippen LogP contribution is -2.41. The Bertz CT molecular complexity index is 493. The van der Waals surface area contributed by atoms with Crippen LogP contribution in [-0.2, 0) is 11.0 Å². The number of carbonyl (C=O) groups is 1. The van der Waals surface area contributed by atoms with Crippen LogP contribution in [-0.4, -0.2) is 28.0 Å². The topological polar surface area (TPSA) is 66.9 Å². The Morgan fingerprint density at radius 2 is 1.90 bits per heavy atom. The van der Waals surface area contributed by atoms with Crippen LogP contribution in [0.3, 0.4) is 0 Å². The van der Waals surface area contributed by atoms with E-state index in [9.17, 15) is 18.0 Å². The highest BCUT2D eigenvalue weighted by molar-refractivity contribution is 6.28. The van der Waals surface area contributed by atoms with Crippen molar-refractivity contribution in [2.45, 2.75) is 39.0 Å². The summed E-state index contributed by atoms with van der Waals surface area (Å²) in [5.41, 5.74) is -1.17. The fraction of sp³-hybridized carbons (Fsp3) is 0.545. The van der Waals surface area contributed by atoms with Crippen molar-refractivity contribution in [3.63, 3.8) is 0 Å². The lowest BCUT2D eigenvalue weighted by atomic mass is 10.2. The minimum absolute atomic E-state index is 0.0773. The van der Waals surface area contributed by atoms with Crippen molar-refractivity contribution >= 4 is 23.3 Å². The van der Waals surface area contributed by atoms with Crippen LogP contribution in [0.4, 0.5) is 19.0 Å². The highest BCUT2D eigenvalue weighted by atomic mass is 35.5. The molecule has 0 saturated carbocycles. The number of hydrogen-bond donors (Lipinski definition) is 2. The largest absolute Gasteiger partial charge is 0.433 e. The number of hydrogen-bond acceptors (Lipinski definition) is 4. The fourth-order valence-electron chi connectivity index (χ4n) is 1.33. The molecule has 1 amide bonds. The molecule has 112 valence electrons. The molecule has 0 spiro atoms. The van der Waals surface area contributed by atoms with E-state index in [1.165, 1.54) is 6.92 Å². The predicted octanol–water partition coefficient (Wildman–Crippen LogP) is 2.47. The van der Waals surface area contributed by atoms with E-state index in [0.29, 0.717) is 6.07 Å². The van der Waals surface area contributed by atoms with E-state index in [0.717, 1.165) is 0 Å². The van der Waals surface area contributed by atoms with Gasteiger partial charge < -0.3 is 10.6 Å². The monoisotopic (exact) mass is 310 g/mol. The van der Waals surface area contributed by atoms with Gasteiger partial charge in [-0.15, -0.1) is 0 Å². The number of carbonyl (C=O) groups excluding carboxylic acids is 1. The Morgan fingerprint density at radius 3 is 2.40 bits per heavy atom. The number of amides is 1. The van der Waals surface area contributed by atoms with E-state index in [1.807, 2.05) is 0 Å². The number of halogens is 4. The second kappa shape index (κ2) is 6.25. The van der Waals surface area contributed by atoms with Gasteiger partial charge in [-0.3, -0.25) is 4.79 Å². The Balaban J connectivity index is 2.87. The lowest BCUT2D eigenvalue weighted by Gasteiger charge is -2.17. The second-order valence-corrected chi connectivity index (χ2v) is 4.77. The smallest absolute Gasteiger partial charge is 0.358 e. The molecule has 0 aromatic carbocycles. The van der Waals surface area contributed by atoms with E-state index >= 15 is 0 Å². The molecule has 9 heteroatoms. The third-order valence-electron chi connectivity index (χ3n) is 2.18. The first-order valence-corrected chi connectivity index (χ1v) is 6.16. The number of alkyl halides is 3. The molecule has 0 saturated heterocycles. The third-order valence-corrected chi connectivity index (χ3v) is 2.35. The SMILES string of the molecule is CC(C)NC(=O)C(C)Nc1cc(C(F)(F)F)nc(Cl)n1. The quantitative estimate of drug-likeness (QED) is 0.838. The molecule has 2 N–H and O–H groups in total. The van der Waals surface area contributed by atoms with Gasteiger partial charge in [0.1, 0.15) is 11.9 Å². The standard InChI is InChI=1S/C11H14ClF3N4O/c1-5(2)16-9(20)6(3)17-8-4-7(11(13,14)15)18-10(12)19-8/h4-6H,1-3H3,(H,16,20)(H,17,18,19). The molecule has 0 aliphatic carbocycles. The summed E-state index contributed by atoms with van der Waals surface area (Å²) in [4.78, 5) is 18.4. The van der Waals surface area contributed by atoms with Crippen molar-refractivity contribution in [2.75, 3.05) is 5.32 Å². The van der Waals surface area contributed by atoms with Crippen LogP contribution in [0.1, 0.15) is 26.5 Å². The second-order valence-electron chi connectivity index (χ2n) is 4.43. The van der Waals surface area contributed by atoms with Crippen molar-refractivity contribution < 1.29 is 18.0 Å². The van der Waals surface area contributed by atoms with Gasteiger partial charge in [0.25, 0.3) is 0 Å². The molecule has 1 rings (SSSR count). The van der Waals surface area contributed by atoms with Gasteiger partial charge in [0.05, 0.1) is 0 Å². The summed E-state index contributed by atoms with van der Waals surface area (Å²) < 4.78 is 37.7. The van der Waals surface area contributed by atoms with E-state index in [4.69, 9.17) is 11.6 Å². The van der Waals surface area contributed by atoms with Crippen molar-refractivity contribution in [3.8, 4) is 0 Å². The average Bonchev–Trinajstić information content (AvgIpc) is 2.25. The molecule has 1 aromatic rings. The van der Waals surface area contributed by atoms with Crippen molar-refractivity contribution in [1.29, 1.82) is 0 Å². The van der Waals surface area contributed by atoms with Crippen LogP contribution in [0.25, 0.3) is 0 Å². The summed E-state index contributed by atoms with van der Waals surface area (Å²) in [5.74, 6) is -0.521. The van der Waals surface area contributed by atoms with Crippen LogP contribution in [0.15, 0.2) is 6.07 Å². The Morgan fingerprint density at radius 1 is 1.30 bits per heavy atom. The maximum atomic E-state index is 12.6. The van der Waals surface area contributed by atoms with Gasteiger partial charge in [0.15, 0.2) is 5.69 Å². The molecule has 1 heterocycles. The molecule has 0 aliphatic rings. The van der Waals surface area contributed by atoms with E-state index in [1.54, 1.807) is 13.8 Å². The summed E-state index contributed by atoms with van der Waals surface area (Å²) in [6, 6.07) is -0.138. The van der Waals surface area contributed by atoms with Gasteiger partial charge >= 0.3 is 6.18 Å². The predicted molar refractivity (Wildman–Crippen MR) is 68.4 cm³/mol. The molecule has 1 unspecified atom stereocenters. The minimum Gasteiger partial charge on any atom is -0.358 e. The maximum Gasteiger partial charge on any atom is 0.433 e. The third kappa shape index (κ3) is 4.84. The van der Waals surface area contributed by atoms with Gasteiger partial charge in [0.2, 0.25) is 11.2 Å².